The number of carboxylic acids is 1. The molecule has 0 aromatic rings. The molecule has 0 aliphatic heterocycles. The molecule has 5 N–H and O–H groups in total. The predicted molar refractivity (Wildman–Crippen MR) is 63.1 cm³/mol. The molecule has 0 spiro atoms. The van der Waals surface area contributed by atoms with Gasteiger partial charge in [0, 0.05) is 6.42 Å². The number of amides is 1. The van der Waals surface area contributed by atoms with Crippen LogP contribution in [0.5, 0.6) is 0 Å². The Bertz CT molecular complexity index is 231. The van der Waals surface area contributed by atoms with E-state index in [1.807, 2.05) is 0 Å². The summed E-state index contributed by atoms with van der Waals surface area (Å²) in [6.45, 7) is 0. The Morgan fingerprint density at radius 1 is 1.53 bits per heavy atom. The average Bonchev–Trinajstić information content (AvgIpc) is 2.02. The number of aliphatic carboxylic acids is 1. The lowest BCUT2D eigenvalue weighted by atomic mass is 10.1. The summed E-state index contributed by atoms with van der Waals surface area (Å²) in [6.07, 6.45) is 0.332. The number of primary amides is 1. The van der Waals surface area contributed by atoms with Gasteiger partial charge in [-0.2, -0.15) is 0 Å². The Labute approximate surface area is 98.2 Å². The number of nitrogens with two attached hydrogens (primary N) is 1. The highest BCUT2D eigenvalue weighted by molar-refractivity contribution is 8.10. The molecule has 1 atom stereocenters. The molecule has 0 aliphatic rings. The molecule has 0 heterocycles. The first kappa shape index (κ1) is 16.6. The number of hydrogen-bond donors (Lipinski definition) is 5. The van der Waals surface area contributed by atoms with Crippen molar-refractivity contribution in [1.82, 2.24) is 5.32 Å². The van der Waals surface area contributed by atoms with Crippen LogP contribution in [0, 0.1) is 0 Å². The van der Waals surface area contributed by atoms with Gasteiger partial charge < -0.3 is 21.3 Å². The highest BCUT2D eigenvalue weighted by atomic mass is 32.1. The average molecular weight is 254 g/mol. The van der Waals surface area contributed by atoms with E-state index in [0.717, 1.165) is 0 Å². The van der Waals surface area contributed by atoms with Gasteiger partial charge in [0.25, 0.3) is 0 Å². The fourth-order valence-corrected chi connectivity index (χ4v) is 0.678. The molecule has 0 bridgehead atoms. The molecule has 1 unspecified atom stereocenters. The number of carboxylic acid groups (broad SMARTS) is 1. The fourth-order valence-electron chi connectivity index (χ4n) is 0.678. The molecule has 15 heavy (non-hydrogen) atoms. The minimum absolute atomic E-state index is 0.0950. The number of likely N-dealkylation sites (N-methyl/N-ethyl adjacent to an activating group) is 1. The summed E-state index contributed by atoms with van der Waals surface area (Å²) in [6, 6.07) is -0.678. The second-order valence-electron chi connectivity index (χ2n) is 2.47. The molecule has 88 valence electrons. The van der Waals surface area contributed by atoms with Crippen LogP contribution in [-0.4, -0.2) is 39.6 Å². The Hall–Kier alpha value is -0.860. The molecule has 0 saturated heterocycles. The maximum atomic E-state index is 10.3. The van der Waals surface area contributed by atoms with Gasteiger partial charge in [-0.05, 0) is 25.7 Å². The number of carbonyl (C=O) groups is 2. The minimum atomic E-state index is -0.964. The van der Waals surface area contributed by atoms with Crippen LogP contribution in [0.2, 0.25) is 0 Å². The van der Waals surface area contributed by atoms with Gasteiger partial charge in [0.15, 0.2) is 0 Å². The Balaban J connectivity index is 0. The number of nitrogens with one attached hydrogen (secondary N) is 1. The zero-order valence-electron chi connectivity index (χ0n) is 8.14. The summed E-state index contributed by atoms with van der Waals surface area (Å²) in [5.74, 6) is -1.44. The summed E-state index contributed by atoms with van der Waals surface area (Å²) in [5.41, 5.74) is 4.84. The number of hydrogen-bond acceptors (Lipinski definition) is 4. The first-order valence-electron chi connectivity index (χ1n) is 3.91. The van der Waals surface area contributed by atoms with Crippen molar-refractivity contribution < 1.29 is 19.8 Å². The third-order valence-electron chi connectivity index (χ3n) is 1.33. The van der Waals surface area contributed by atoms with Gasteiger partial charge >= 0.3 is 5.97 Å². The lowest BCUT2D eigenvalue weighted by molar-refractivity contribution is -0.139. The van der Waals surface area contributed by atoms with Crippen LogP contribution in [0.4, 0.5) is 0 Å². The normalized spacial score (nSPS) is 10.8. The Morgan fingerprint density at radius 2 is 1.93 bits per heavy atom. The maximum Gasteiger partial charge on any atom is 0.320 e. The molecule has 6 nitrogen and oxygen atoms in total. The number of thiocarbonyl (C=S) groups is 1. The molecule has 0 aromatic heterocycles. The van der Waals surface area contributed by atoms with Crippen molar-refractivity contribution in [3.05, 3.63) is 0 Å². The highest BCUT2D eigenvalue weighted by Crippen LogP contribution is 1.95. The standard InChI is InChI=1S/C6H12N2O3.CH2OS2/c1-8-4(6(10)11)2-3-5(7)9;2-1(3)4/h4,8H,2-3H2,1H3,(H2,7,9)(H,10,11);(H2,2,3,4). The second-order valence-corrected chi connectivity index (χ2v) is 3.58. The molecule has 0 aliphatic carbocycles. The summed E-state index contributed by atoms with van der Waals surface area (Å²) in [4.78, 5) is 20.6. The van der Waals surface area contributed by atoms with Gasteiger partial charge in [-0.15, -0.1) is 0 Å². The molecule has 0 fully saturated rings. The summed E-state index contributed by atoms with van der Waals surface area (Å²) < 4.78 is -0.306. The number of rotatable bonds is 5. The summed E-state index contributed by atoms with van der Waals surface area (Å²) in [5, 5.41) is 18.7. The molecular weight excluding hydrogens is 240 g/mol. The van der Waals surface area contributed by atoms with Gasteiger partial charge in [0.1, 0.15) is 6.04 Å². The molecule has 0 aromatic carbocycles. The van der Waals surface area contributed by atoms with Gasteiger partial charge in [0.05, 0.1) is 0 Å². The predicted octanol–water partition coefficient (Wildman–Crippen LogP) is -0.316. The first-order valence-corrected chi connectivity index (χ1v) is 4.77. The molecule has 0 radical (unpaired) electrons. The van der Waals surface area contributed by atoms with E-state index in [9.17, 15) is 9.59 Å². The van der Waals surface area contributed by atoms with Crippen molar-refractivity contribution in [3.8, 4) is 0 Å². The van der Waals surface area contributed by atoms with Crippen molar-refractivity contribution in [1.29, 1.82) is 0 Å². The van der Waals surface area contributed by atoms with E-state index < -0.39 is 17.9 Å². The lowest BCUT2D eigenvalue weighted by Crippen LogP contribution is -2.34. The van der Waals surface area contributed by atoms with Gasteiger partial charge in [-0.25, -0.2) is 0 Å². The van der Waals surface area contributed by atoms with E-state index in [2.05, 4.69) is 30.2 Å². The molecule has 1 amide bonds. The van der Waals surface area contributed by atoms with E-state index in [1.54, 1.807) is 0 Å². The van der Waals surface area contributed by atoms with Crippen molar-refractivity contribution in [2.75, 3.05) is 7.05 Å². The first-order chi connectivity index (χ1) is 6.81. The van der Waals surface area contributed by atoms with Crippen molar-refractivity contribution >= 4 is 41.1 Å². The van der Waals surface area contributed by atoms with Crippen LogP contribution in [0.1, 0.15) is 12.8 Å². The van der Waals surface area contributed by atoms with Crippen LogP contribution < -0.4 is 11.1 Å². The van der Waals surface area contributed by atoms with E-state index in [-0.39, 0.29) is 17.2 Å². The second kappa shape index (κ2) is 9.69. The molecule has 0 saturated carbocycles. The van der Waals surface area contributed by atoms with Crippen LogP contribution in [-0.2, 0) is 9.59 Å². The van der Waals surface area contributed by atoms with E-state index in [0.29, 0.717) is 0 Å². The lowest BCUT2D eigenvalue weighted by Gasteiger charge is -2.08. The van der Waals surface area contributed by atoms with Crippen molar-refractivity contribution in [2.45, 2.75) is 18.9 Å². The highest BCUT2D eigenvalue weighted by Gasteiger charge is 2.14. The fraction of sp³-hybridized carbons (Fsp3) is 0.571. The molecule has 8 heteroatoms. The zero-order chi connectivity index (χ0) is 12.4. The quantitative estimate of drug-likeness (QED) is 0.339. The monoisotopic (exact) mass is 254 g/mol. The largest absolute Gasteiger partial charge is 0.494 e. The van der Waals surface area contributed by atoms with E-state index in [4.69, 9.17) is 15.9 Å². The van der Waals surface area contributed by atoms with E-state index in [1.165, 1.54) is 7.05 Å². The third-order valence-corrected chi connectivity index (χ3v) is 1.33. The topological polar surface area (TPSA) is 113 Å². The summed E-state index contributed by atoms with van der Waals surface area (Å²) >= 11 is 7.21. The van der Waals surface area contributed by atoms with Gasteiger partial charge in [0.2, 0.25) is 10.3 Å². The smallest absolute Gasteiger partial charge is 0.320 e. The van der Waals surface area contributed by atoms with Crippen LogP contribution >= 0.6 is 24.8 Å². The zero-order valence-corrected chi connectivity index (χ0v) is 9.85. The Morgan fingerprint density at radius 3 is 2.13 bits per heavy atom. The minimum Gasteiger partial charge on any atom is -0.494 e. The number of aliphatic hydroxyl groups excluding tert-OH is 1. The van der Waals surface area contributed by atoms with Crippen LogP contribution in [0.25, 0.3) is 0 Å². The number of aliphatic hydroxyl groups is 1. The maximum absolute atomic E-state index is 10.3. The number of thiol groups is 1. The molecular formula is C7H14N2O4S2. The Kier molecular flexibility index (Phi) is 10.7. The SMILES string of the molecule is CNC(CCC(N)=O)C(=O)O.OC(=S)S. The number of carbonyl (C=O) groups excluding carboxylic acids is 1. The van der Waals surface area contributed by atoms with Gasteiger partial charge in [-0.1, -0.05) is 12.6 Å². The van der Waals surface area contributed by atoms with E-state index >= 15 is 0 Å². The van der Waals surface area contributed by atoms with Crippen molar-refractivity contribution in [3.63, 3.8) is 0 Å². The molecule has 0 rings (SSSR count). The van der Waals surface area contributed by atoms with Crippen LogP contribution in [0.3, 0.4) is 0 Å². The van der Waals surface area contributed by atoms with Crippen molar-refractivity contribution in [2.24, 2.45) is 5.73 Å². The van der Waals surface area contributed by atoms with Crippen LogP contribution in [0.15, 0.2) is 0 Å². The third kappa shape index (κ3) is 15.9. The summed E-state index contributed by atoms with van der Waals surface area (Å²) in [7, 11) is 1.53. The van der Waals surface area contributed by atoms with Gasteiger partial charge in [-0.3, -0.25) is 9.59 Å².